The first kappa shape index (κ1) is 17.2. The molecule has 7 heteroatoms. The van der Waals surface area contributed by atoms with Crippen LogP contribution in [-0.4, -0.2) is 42.9 Å². The molecular formula is C14H19NO5S. The Balaban J connectivity index is 2.55. The zero-order chi connectivity index (χ0) is 16.0. The molecule has 0 fully saturated rings. The molecule has 2 N–H and O–H groups in total. The monoisotopic (exact) mass is 313 g/mol. The number of amides is 1. The van der Waals surface area contributed by atoms with E-state index in [1.54, 1.807) is 26.0 Å². The number of aromatic carboxylic acids is 1. The number of carboxylic acid groups (broad SMARTS) is 1. The van der Waals surface area contributed by atoms with E-state index in [0.29, 0.717) is 5.56 Å². The molecular weight excluding hydrogens is 294 g/mol. The Morgan fingerprint density at radius 3 is 2.29 bits per heavy atom. The molecule has 1 unspecified atom stereocenters. The first-order valence-corrected chi connectivity index (χ1v) is 8.37. The van der Waals surface area contributed by atoms with Crippen LogP contribution in [0.15, 0.2) is 24.3 Å². The highest BCUT2D eigenvalue weighted by atomic mass is 32.2. The van der Waals surface area contributed by atoms with Crippen molar-refractivity contribution in [3.8, 4) is 0 Å². The van der Waals surface area contributed by atoms with Gasteiger partial charge in [-0.1, -0.05) is 19.1 Å². The van der Waals surface area contributed by atoms with Gasteiger partial charge in [-0.3, -0.25) is 4.79 Å². The quantitative estimate of drug-likeness (QED) is 0.778. The number of carbonyl (C=O) groups is 2. The van der Waals surface area contributed by atoms with Crippen molar-refractivity contribution in [3.63, 3.8) is 0 Å². The van der Waals surface area contributed by atoms with E-state index in [-0.39, 0.29) is 29.4 Å². The van der Waals surface area contributed by atoms with Crippen molar-refractivity contribution in [1.82, 2.24) is 5.32 Å². The van der Waals surface area contributed by atoms with E-state index in [4.69, 9.17) is 5.11 Å². The summed E-state index contributed by atoms with van der Waals surface area (Å²) in [5.74, 6) is -1.36. The lowest BCUT2D eigenvalue weighted by Crippen LogP contribution is -2.38. The molecule has 1 aromatic rings. The van der Waals surface area contributed by atoms with E-state index in [0.717, 1.165) is 0 Å². The standard InChI is InChI=1S/C14H19NO5S/c1-3-21(19,20)9-10(2)15-13(16)8-11-4-6-12(7-5-11)14(17)18/h4-7,10H,3,8-9H2,1-2H3,(H,15,16)(H,17,18). The highest BCUT2D eigenvalue weighted by Crippen LogP contribution is 2.05. The fraction of sp³-hybridized carbons (Fsp3) is 0.429. The number of hydrogen-bond acceptors (Lipinski definition) is 4. The molecule has 1 aromatic carbocycles. The van der Waals surface area contributed by atoms with E-state index < -0.39 is 21.8 Å². The first-order valence-electron chi connectivity index (χ1n) is 6.55. The minimum Gasteiger partial charge on any atom is -0.478 e. The highest BCUT2D eigenvalue weighted by Gasteiger charge is 2.15. The van der Waals surface area contributed by atoms with Crippen LogP contribution in [0.2, 0.25) is 0 Å². The van der Waals surface area contributed by atoms with Crippen LogP contribution in [0.1, 0.15) is 29.8 Å². The summed E-state index contributed by atoms with van der Waals surface area (Å²) in [5, 5.41) is 11.4. The van der Waals surface area contributed by atoms with Crippen molar-refractivity contribution in [2.45, 2.75) is 26.3 Å². The molecule has 116 valence electrons. The number of rotatable bonds is 7. The van der Waals surface area contributed by atoms with Gasteiger partial charge in [-0.2, -0.15) is 0 Å². The number of sulfone groups is 1. The SMILES string of the molecule is CCS(=O)(=O)CC(C)NC(=O)Cc1ccc(C(=O)O)cc1. The summed E-state index contributed by atoms with van der Waals surface area (Å²) in [6, 6.07) is 5.53. The van der Waals surface area contributed by atoms with Gasteiger partial charge in [0, 0.05) is 11.8 Å². The van der Waals surface area contributed by atoms with Crippen LogP contribution in [0.25, 0.3) is 0 Å². The van der Waals surface area contributed by atoms with Crippen LogP contribution in [-0.2, 0) is 21.1 Å². The smallest absolute Gasteiger partial charge is 0.335 e. The summed E-state index contributed by atoms with van der Waals surface area (Å²) in [5.41, 5.74) is 0.824. The van der Waals surface area contributed by atoms with Gasteiger partial charge in [0.05, 0.1) is 17.7 Å². The zero-order valence-corrected chi connectivity index (χ0v) is 12.8. The van der Waals surface area contributed by atoms with Gasteiger partial charge in [0.1, 0.15) is 0 Å². The second kappa shape index (κ2) is 7.21. The Labute approximate surface area is 124 Å². The van der Waals surface area contributed by atoms with E-state index in [9.17, 15) is 18.0 Å². The Bertz CT molecular complexity index is 607. The van der Waals surface area contributed by atoms with Gasteiger partial charge in [0.15, 0.2) is 9.84 Å². The summed E-state index contributed by atoms with van der Waals surface area (Å²) < 4.78 is 22.9. The lowest BCUT2D eigenvalue weighted by Gasteiger charge is -2.13. The van der Waals surface area contributed by atoms with Gasteiger partial charge < -0.3 is 10.4 Å². The molecule has 0 spiro atoms. The molecule has 1 amide bonds. The number of carbonyl (C=O) groups excluding carboxylic acids is 1. The molecule has 1 rings (SSSR count). The summed E-state index contributed by atoms with van der Waals surface area (Å²) in [6.07, 6.45) is 0.0798. The summed E-state index contributed by atoms with van der Waals surface area (Å²) in [4.78, 5) is 22.5. The van der Waals surface area contributed by atoms with Gasteiger partial charge in [-0.05, 0) is 24.6 Å². The second-order valence-electron chi connectivity index (χ2n) is 4.85. The van der Waals surface area contributed by atoms with Crippen LogP contribution in [0.4, 0.5) is 0 Å². The lowest BCUT2D eigenvalue weighted by molar-refractivity contribution is -0.120. The van der Waals surface area contributed by atoms with Crippen LogP contribution in [0.3, 0.4) is 0 Å². The minimum atomic E-state index is -3.13. The van der Waals surface area contributed by atoms with E-state index in [1.165, 1.54) is 12.1 Å². The minimum absolute atomic E-state index is 0.0455. The third-order valence-corrected chi connectivity index (χ3v) is 4.80. The topological polar surface area (TPSA) is 101 Å². The molecule has 0 aromatic heterocycles. The van der Waals surface area contributed by atoms with Crippen molar-refractivity contribution in [2.75, 3.05) is 11.5 Å². The maximum atomic E-state index is 11.8. The van der Waals surface area contributed by atoms with Crippen molar-refractivity contribution < 1.29 is 23.1 Å². The summed E-state index contributed by atoms with van der Waals surface area (Å²) in [6.45, 7) is 3.20. The van der Waals surface area contributed by atoms with E-state index >= 15 is 0 Å². The van der Waals surface area contributed by atoms with Crippen LogP contribution in [0, 0.1) is 0 Å². The maximum Gasteiger partial charge on any atom is 0.335 e. The van der Waals surface area contributed by atoms with Crippen molar-refractivity contribution >= 4 is 21.7 Å². The predicted octanol–water partition coefficient (Wildman–Crippen LogP) is 0.867. The van der Waals surface area contributed by atoms with Crippen LogP contribution in [0.5, 0.6) is 0 Å². The molecule has 0 radical (unpaired) electrons. The normalized spacial score (nSPS) is 12.7. The fourth-order valence-corrected chi connectivity index (χ4v) is 2.90. The average Bonchev–Trinajstić information content (AvgIpc) is 2.38. The van der Waals surface area contributed by atoms with Crippen LogP contribution < -0.4 is 5.32 Å². The molecule has 1 atom stereocenters. The fourth-order valence-electron chi connectivity index (χ4n) is 1.82. The Hall–Kier alpha value is -1.89. The largest absolute Gasteiger partial charge is 0.478 e. The number of carboxylic acids is 1. The Kier molecular flexibility index (Phi) is 5.90. The average molecular weight is 313 g/mol. The van der Waals surface area contributed by atoms with Gasteiger partial charge in [-0.15, -0.1) is 0 Å². The first-order chi connectivity index (χ1) is 9.73. The van der Waals surface area contributed by atoms with Crippen LogP contribution >= 0.6 is 0 Å². The lowest BCUT2D eigenvalue weighted by atomic mass is 10.1. The van der Waals surface area contributed by atoms with Crippen molar-refractivity contribution in [1.29, 1.82) is 0 Å². The number of hydrogen-bond donors (Lipinski definition) is 2. The summed E-state index contributed by atoms with van der Waals surface area (Å²) in [7, 11) is -3.13. The van der Waals surface area contributed by atoms with Crippen molar-refractivity contribution in [2.24, 2.45) is 0 Å². The predicted molar refractivity (Wildman–Crippen MR) is 79.0 cm³/mol. The molecule has 0 aliphatic carbocycles. The third-order valence-electron chi connectivity index (χ3n) is 2.92. The molecule has 0 heterocycles. The van der Waals surface area contributed by atoms with Gasteiger partial charge in [-0.25, -0.2) is 13.2 Å². The molecule has 0 bridgehead atoms. The molecule has 6 nitrogen and oxygen atoms in total. The molecule has 21 heavy (non-hydrogen) atoms. The zero-order valence-electron chi connectivity index (χ0n) is 12.0. The van der Waals surface area contributed by atoms with Gasteiger partial charge in [0.25, 0.3) is 0 Å². The maximum absolute atomic E-state index is 11.8. The van der Waals surface area contributed by atoms with E-state index in [1.807, 2.05) is 0 Å². The second-order valence-corrected chi connectivity index (χ2v) is 7.24. The van der Waals surface area contributed by atoms with E-state index in [2.05, 4.69) is 5.32 Å². The molecule has 0 saturated heterocycles. The Morgan fingerprint density at radius 2 is 1.81 bits per heavy atom. The van der Waals surface area contributed by atoms with Gasteiger partial charge in [0.2, 0.25) is 5.91 Å². The molecule has 0 aliphatic rings. The molecule has 0 aliphatic heterocycles. The number of nitrogens with one attached hydrogen (secondary N) is 1. The number of benzene rings is 1. The highest BCUT2D eigenvalue weighted by molar-refractivity contribution is 7.91. The summed E-state index contributed by atoms with van der Waals surface area (Å²) >= 11 is 0. The van der Waals surface area contributed by atoms with Gasteiger partial charge >= 0.3 is 5.97 Å². The third kappa shape index (κ3) is 5.95. The Morgan fingerprint density at radius 1 is 1.24 bits per heavy atom. The van der Waals surface area contributed by atoms with Crippen molar-refractivity contribution in [3.05, 3.63) is 35.4 Å². The molecule has 0 saturated carbocycles.